The summed E-state index contributed by atoms with van der Waals surface area (Å²) in [6.07, 6.45) is 3.41. The lowest BCUT2D eigenvalue weighted by Gasteiger charge is -2.11. The SMILES string of the molecule is CCOc1ccccc1C(=O)Nc1cccc(-c2ccc3nnc(-c4ccncc4)n3n2)c1. The van der Waals surface area contributed by atoms with Crippen molar-refractivity contribution in [3.8, 4) is 28.4 Å². The summed E-state index contributed by atoms with van der Waals surface area (Å²) in [5, 5.41) is 16.2. The first-order chi connectivity index (χ1) is 16.2. The molecule has 0 aliphatic heterocycles. The normalized spacial score (nSPS) is 10.8. The minimum atomic E-state index is -0.238. The van der Waals surface area contributed by atoms with E-state index in [0.717, 1.165) is 16.8 Å². The molecule has 0 radical (unpaired) electrons. The molecule has 2 aromatic carbocycles. The van der Waals surface area contributed by atoms with Gasteiger partial charge in [0.15, 0.2) is 11.5 Å². The van der Waals surface area contributed by atoms with Crippen LogP contribution in [0.4, 0.5) is 5.69 Å². The van der Waals surface area contributed by atoms with Gasteiger partial charge in [-0.2, -0.15) is 9.61 Å². The smallest absolute Gasteiger partial charge is 0.259 e. The second-order valence-corrected chi connectivity index (χ2v) is 7.21. The van der Waals surface area contributed by atoms with Crippen LogP contribution in [0, 0.1) is 0 Å². The highest BCUT2D eigenvalue weighted by Crippen LogP contribution is 2.25. The minimum absolute atomic E-state index is 0.238. The Morgan fingerprint density at radius 2 is 1.79 bits per heavy atom. The first-order valence-electron chi connectivity index (χ1n) is 10.5. The Labute approximate surface area is 189 Å². The van der Waals surface area contributed by atoms with Crippen molar-refractivity contribution in [2.75, 3.05) is 11.9 Å². The average Bonchev–Trinajstić information content (AvgIpc) is 3.29. The number of ether oxygens (including phenoxy) is 1. The van der Waals surface area contributed by atoms with Crippen molar-refractivity contribution in [2.45, 2.75) is 6.92 Å². The van der Waals surface area contributed by atoms with E-state index >= 15 is 0 Å². The number of hydrogen-bond acceptors (Lipinski definition) is 6. The van der Waals surface area contributed by atoms with Crippen LogP contribution >= 0.6 is 0 Å². The zero-order chi connectivity index (χ0) is 22.6. The predicted octanol–water partition coefficient (Wildman–Crippen LogP) is 4.50. The molecule has 0 spiro atoms. The summed E-state index contributed by atoms with van der Waals surface area (Å²) >= 11 is 0. The summed E-state index contributed by atoms with van der Waals surface area (Å²) in [4.78, 5) is 16.9. The summed E-state index contributed by atoms with van der Waals surface area (Å²) in [6, 6.07) is 22.2. The number of benzene rings is 2. The topological polar surface area (TPSA) is 94.3 Å². The molecule has 5 rings (SSSR count). The highest BCUT2D eigenvalue weighted by Gasteiger charge is 2.14. The molecule has 8 heteroatoms. The van der Waals surface area contributed by atoms with Crippen LogP contribution in [-0.2, 0) is 0 Å². The van der Waals surface area contributed by atoms with Gasteiger partial charge in [0.05, 0.1) is 17.9 Å². The van der Waals surface area contributed by atoms with Gasteiger partial charge in [0.1, 0.15) is 5.75 Å². The molecule has 5 aromatic rings. The zero-order valence-corrected chi connectivity index (χ0v) is 17.8. The number of fused-ring (bicyclic) bond motifs is 1. The molecule has 1 amide bonds. The Kier molecular flexibility index (Phi) is 5.47. The molecule has 0 aliphatic carbocycles. The van der Waals surface area contributed by atoms with Crippen LogP contribution in [0.3, 0.4) is 0 Å². The molecule has 0 saturated carbocycles. The lowest BCUT2D eigenvalue weighted by molar-refractivity contribution is 0.102. The lowest BCUT2D eigenvalue weighted by Crippen LogP contribution is -2.13. The van der Waals surface area contributed by atoms with Gasteiger partial charge in [0.2, 0.25) is 0 Å². The third kappa shape index (κ3) is 4.14. The molecular weight excluding hydrogens is 416 g/mol. The number of hydrogen-bond donors (Lipinski definition) is 1. The Hall–Kier alpha value is -4.59. The molecule has 0 fully saturated rings. The monoisotopic (exact) mass is 436 g/mol. The second-order valence-electron chi connectivity index (χ2n) is 7.21. The number of para-hydroxylation sites is 1. The number of carbonyl (C=O) groups excluding carboxylic acids is 1. The number of anilines is 1. The molecule has 3 aromatic heterocycles. The van der Waals surface area contributed by atoms with Gasteiger partial charge in [-0.05, 0) is 55.5 Å². The van der Waals surface area contributed by atoms with E-state index in [1.165, 1.54) is 0 Å². The number of carbonyl (C=O) groups is 1. The maximum Gasteiger partial charge on any atom is 0.259 e. The molecule has 162 valence electrons. The quantitative estimate of drug-likeness (QED) is 0.421. The molecule has 33 heavy (non-hydrogen) atoms. The average molecular weight is 436 g/mol. The van der Waals surface area contributed by atoms with Crippen molar-refractivity contribution in [3.63, 3.8) is 0 Å². The van der Waals surface area contributed by atoms with E-state index in [4.69, 9.17) is 9.84 Å². The minimum Gasteiger partial charge on any atom is -0.493 e. The van der Waals surface area contributed by atoms with E-state index in [-0.39, 0.29) is 5.91 Å². The molecule has 0 aliphatic rings. The van der Waals surface area contributed by atoms with E-state index in [2.05, 4.69) is 20.5 Å². The fraction of sp³-hybridized carbons (Fsp3) is 0.0800. The molecule has 0 atom stereocenters. The van der Waals surface area contributed by atoms with Crippen LogP contribution in [0.1, 0.15) is 17.3 Å². The fourth-order valence-corrected chi connectivity index (χ4v) is 3.51. The Morgan fingerprint density at radius 1 is 0.939 bits per heavy atom. The number of nitrogens with zero attached hydrogens (tertiary/aromatic N) is 5. The van der Waals surface area contributed by atoms with Crippen molar-refractivity contribution >= 4 is 17.2 Å². The highest BCUT2D eigenvalue weighted by atomic mass is 16.5. The molecule has 3 heterocycles. The molecular formula is C25H20N6O2. The first-order valence-corrected chi connectivity index (χ1v) is 10.5. The van der Waals surface area contributed by atoms with E-state index in [9.17, 15) is 4.79 Å². The van der Waals surface area contributed by atoms with Gasteiger partial charge in [-0.25, -0.2) is 0 Å². The predicted molar refractivity (Wildman–Crippen MR) is 125 cm³/mol. The van der Waals surface area contributed by atoms with E-state index < -0.39 is 0 Å². The zero-order valence-electron chi connectivity index (χ0n) is 17.8. The molecule has 1 N–H and O–H groups in total. The van der Waals surface area contributed by atoms with Gasteiger partial charge >= 0.3 is 0 Å². The molecule has 0 saturated heterocycles. The van der Waals surface area contributed by atoms with E-state index in [1.807, 2.05) is 67.6 Å². The number of nitrogens with one attached hydrogen (secondary N) is 1. The lowest BCUT2D eigenvalue weighted by atomic mass is 10.1. The van der Waals surface area contributed by atoms with E-state index in [1.54, 1.807) is 29.0 Å². The van der Waals surface area contributed by atoms with Crippen molar-refractivity contribution in [3.05, 3.63) is 90.8 Å². The Balaban J connectivity index is 1.45. The van der Waals surface area contributed by atoms with Crippen molar-refractivity contribution < 1.29 is 9.53 Å². The Morgan fingerprint density at radius 3 is 2.64 bits per heavy atom. The fourth-order valence-electron chi connectivity index (χ4n) is 3.51. The van der Waals surface area contributed by atoms with Crippen LogP contribution < -0.4 is 10.1 Å². The highest BCUT2D eigenvalue weighted by molar-refractivity contribution is 6.06. The summed E-state index contributed by atoms with van der Waals surface area (Å²) in [6.45, 7) is 2.37. The maximum atomic E-state index is 12.9. The maximum absolute atomic E-state index is 12.9. The third-order valence-electron chi connectivity index (χ3n) is 5.05. The first kappa shape index (κ1) is 20.3. The molecule has 0 bridgehead atoms. The molecule has 0 unspecified atom stereocenters. The molecule has 8 nitrogen and oxygen atoms in total. The van der Waals surface area contributed by atoms with Crippen LogP contribution in [0.25, 0.3) is 28.3 Å². The van der Waals surface area contributed by atoms with Gasteiger partial charge in [-0.3, -0.25) is 9.78 Å². The summed E-state index contributed by atoms with van der Waals surface area (Å²) in [5.74, 6) is 0.946. The summed E-state index contributed by atoms with van der Waals surface area (Å²) in [7, 11) is 0. The number of rotatable bonds is 6. The Bertz CT molecular complexity index is 1430. The van der Waals surface area contributed by atoms with Crippen LogP contribution in [-0.4, -0.2) is 37.3 Å². The largest absolute Gasteiger partial charge is 0.493 e. The standard InChI is InChI=1S/C25H20N6O2/c1-2-33-22-9-4-3-8-20(22)25(32)27-19-7-5-6-18(16-19)21-10-11-23-28-29-24(31(23)30-21)17-12-14-26-15-13-17/h3-16H,2H2,1H3,(H,27,32). The third-order valence-corrected chi connectivity index (χ3v) is 5.05. The van der Waals surface area contributed by atoms with Crippen molar-refractivity contribution in [1.82, 2.24) is 24.8 Å². The van der Waals surface area contributed by atoms with Crippen LogP contribution in [0.15, 0.2) is 85.2 Å². The van der Waals surface area contributed by atoms with Crippen molar-refractivity contribution in [1.29, 1.82) is 0 Å². The van der Waals surface area contributed by atoms with Gasteiger partial charge < -0.3 is 10.1 Å². The number of aromatic nitrogens is 5. The summed E-state index contributed by atoms with van der Waals surface area (Å²) < 4.78 is 7.28. The van der Waals surface area contributed by atoms with E-state index in [0.29, 0.717) is 35.1 Å². The second kappa shape index (κ2) is 8.88. The number of pyridine rings is 1. The van der Waals surface area contributed by atoms with Crippen LogP contribution in [0.5, 0.6) is 5.75 Å². The van der Waals surface area contributed by atoms with Gasteiger partial charge in [0, 0.05) is 29.2 Å². The van der Waals surface area contributed by atoms with Gasteiger partial charge in [-0.1, -0.05) is 24.3 Å². The van der Waals surface area contributed by atoms with Gasteiger partial charge in [-0.15, -0.1) is 10.2 Å². The van der Waals surface area contributed by atoms with Gasteiger partial charge in [0.25, 0.3) is 5.91 Å². The summed E-state index contributed by atoms with van der Waals surface area (Å²) in [5.41, 5.74) is 4.23. The number of amides is 1. The van der Waals surface area contributed by atoms with Crippen LogP contribution in [0.2, 0.25) is 0 Å². The van der Waals surface area contributed by atoms with Crippen molar-refractivity contribution in [2.24, 2.45) is 0 Å².